The Morgan fingerprint density at radius 3 is 2.50 bits per heavy atom. The third-order valence-electron chi connectivity index (χ3n) is 3.06. The van der Waals surface area contributed by atoms with Gasteiger partial charge in [0.15, 0.2) is 0 Å². The van der Waals surface area contributed by atoms with Crippen LogP contribution in [0.2, 0.25) is 0 Å². The SMILES string of the molecule is CC(C)(C)OC(=O)NCCN(CC(=O)O)C(=O)C(F)n1cc(F)c(=O)[nH]c1=O. The fourth-order valence-corrected chi connectivity index (χ4v) is 1.94. The number of aromatic amines is 1. The summed E-state index contributed by atoms with van der Waals surface area (Å²) in [6, 6.07) is 0. The van der Waals surface area contributed by atoms with Crippen LogP contribution in [0, 0.1) is 5.82 Å². The summed E-state index contributed by atoms with van der Waals surface area (Å²) in [4.78, 5) is 59.2. The van der Waals surface area contributed by atoms with Crippen molar-refractivity contribution in [2.45, 2.75) is 32.7 Å². The second-order valence-electron chi connectivity index (χ2n) is 6.56. The van der Waals surface area contributed by atoms with Crippen molar-refractivity contribution in [1.82, 2.24) is 19.8 Å². The van der Waals surface area contributed by atoms with Crippen LogP contribution in [0.25, 0.3) is 0 Å². The predicted molar refractivity (Wildman–Crippen MR) is 89.9 cm³/mol. The summed E-state index contributed by atoms with van der Waals surface area (Å²) < 4.78 is 32.6. The summed E-state index contributed by atoms with van der Waals surface area (Å²) in [6.07, 6.45) is -3.44. The van der Waals surface area contributed by atoms with Crippen molar-refractivity contribution in [1.29, 1.82) is 0 Å². The molecule has 0 aliphatic rings. The number of aliphatic carboxylic acids is 1. The Morgan fingerprint density at radius 1 is 1.36 bits per heavy atom. The minimum absolute atomic E-state index is 0.0186. The number of carboxylic acid groups (broad SMARTS) is 1. The summed E-state index contributed by atoms with van der Waals surface area (Å²) in [6.45, 7) is 3.17. The van der Waals surface area contributed by atoms with E-state index in [4.69, 9.17) is 9.84 Å². The van der Waals surface area contributed by atoms with E-state index < -0.39 is 60.0 Å². The number of alkyl carbamates (subject to hydrolysis) is 1. The topological polar surface area (TPSA) is 151 Å². The lowest BCUT2D eigenvalue weighted by atomic mass is 10.2. The Bertz CT molecular complexity index is 859. The van der Waals surface area contributed by atoms with E-state index in [9.17, 15) is 32.8 Å². The maximum atomic E-state index is 14.4. The van der Waals surface area contributed by atoms with Gasteiger partial charge in [-0.2, -0.15) is 4.39 Å². The average molecular weight is 406 g/mol. The largest absolute Gasteiger partial charge is 0.480 e. The van der Waals surface area contributed by atoms with E-state index in [0.29, 0.717) is 4.90 Å². The molecule has 0 saturated carbocycles. The molecule has 28 heavy (non-hydrogen) atoms. The van der Waals surface area contributed by atoms with Gasteiger partial charge in [0.05, 0.1) is 6.20 Å². The van der Waals surface area contributed by atoms with Gasteiger partial charge in [-0.1, -0.05) is 0 Å². The molecular weight excluding hydrogens is 386 g/mol. The Morgan fingerprint density at radius 2 is 1.96 bits per heavy atom. The normalized spacial score (nSPS) is 12.2. The number of ether oxygens (including phenoxy) is 1. The number of carbonyl (C=O) groups excluding carboxylic acids is 2. The minimum atomic E-state index is -2.79. The molecule has 1 aromatic heterocycles. The smallest absolute Gasteiger partial charge is 0.407 e. The first kappa shape index (κ1) is 22.8. The zero-order valence-electron chi connectivity index (χ0n) is 15.3. The molecule has 0 aromatic carbocycles. The van der Waals surface area contributed by atoms with Crippen LogP contribution in [-0.2, 0) is 14.3 Å². The van der Waals surface area contributed by atoms with Gasteiger partial charge in [0.2, 0.25) is 5.82 Å². The van der Waals surface area contributed by atoms with Gasteiger partial charge in [0.25, 0.3) is 17.8 Å². The molecule has 11 nitrogen and oxygen atoms in total. The lowest BCUT2D eigenvalue weighted by Crippen LogP contribution is -2.46. The number of nitrogens with one attached hydrogen (secondary N) is 2. The third-order valence-corrected chi connectivity index (χ3v) is 3.06. The molecule has 156 valence electrons. The number of halogens is 2. The molecule has 1 unspecified atom stereocenters. The zero-order valence-corrected chi connectivity index (χ0v) is 15.3. The molecule has 0 radical (unpaired) electrons. The Labute approximate surface area is 156 Å². The number of carboxylic acids is 1. The quantitative estimate of drug-likeness (QED) is 0.556. The number of hydrogen-bond acceptors (Lipinski definition) is 6. The number of nitrogens with zero attached hydrogens (tertiary/aromatic N) is 2. The van der Waals surface area contributed by atoms with Crippen LogP contribution < -0.4 is 16.6 Å². The highest BCUT2D eigenvalue weighted by molar-refractivity contribution is 5.83. The number of rotatable bonds is 7. The molecule has 1 heterocycles. The number of hydrogen-bond donors (Lipinski definition) is 3. The van der Waals surface area contributed by atoms with Gasteiger partial charge < -0.3 is 20.1 Å². The maximum absolute atomic E-state index is 14.4. The lowest BCUT2D eigenvalue weighted by Gasteiger charge is -2.24. The van der Waals surface area contributed by atoms with E-state index in [2.05, 4.69) is 5.32 Å². The van der Waals surface area contributed by atoms with E-state index in [0.717, 1.165) is 0 Å². The van der Waals surface area contributed by atoms with Crippen molar-refractivity contribution >= 4 is 18.0 Å². The Balaban J connectivity index is 2.89. The number of alkyl halides is 1. The lowest BCUT2D eigenvalue weighted by molar-refractivity contribution is -0.148. The van der Waals surface area contributed by atoms with Crippen molar-refractivity contribution in [3.63, 3.8) is 0 Å². The van der Waals surface area contributed by atoms with Crippen LogP contribution in [0.5, 0.6) is 0 Å². The molecule has 13 heteroatoms. The monoisotopic (exact) mass is 406 g/mol. The first-order valence-electron chi connectivity index (χ1n) is 7.94. The van der Waals surface area contributed by atoms with Crippen LogP contribution >= 0.6 is 0 Å². The molecule has 1 rings (SSSR count). The van der Waals surface area contributed by atoms with Crippen LogP contribution in [0.15, 0.2) is 15.8 Å². The second kappa shape index (κ2) is 9.10. The number of H-pyrrole nitrogens is 1. The molecule has 0 aliphatic carbocycles. The van der Waals surface area contributed by atoms with Crippen LogP contribution in [0.4, 0.5) is 13.6 Å². The van der Waals surface area contributed by atoms with Crippen molar-refractivity contribution in [2.75, 3.05) is 19.6 Å². The van der Waals surface area contributed by atoms with Gasteiger partial charge in [-0.15, -0.1) is 0 Å². The minimum Gasteiger partial charge on any atom is -0.480 e. The van der Waals surface area contributed by atoms with Gasteiger partial charge in [0.1, 0.15) is 12.1 Å². The Kier molecular flexibility index (Phi) is 7.41. The first-order chi connectivity index (χ1) is 12.8. The molecule has 0 spiro atoms. The van der Waals surface area contributed by atoms with Crippen molar-refractivity contribution in [3.05, 3.63) is 32.9 Å². The third kappa shape index (κ3) is 6.81. The van der Waals surface area contributed by atoms with Gasteiger partial charge in [0, 0.05) is 13.1 Å². The number of carbonyl (C=O) groups is 3. The van der Waals surface area contributed by atoms with E-state index in [-0.39, 0.29) is 17.3 Å². The molecule has 1 atom stereocenters. The highest BCUT2D eigenvalue weighted by atomic mass is 19.1. The molecule has 0 saturated heterocycles. The van der Waals surface area contributed by atoms with Crippen molar-refractivity contribution < 1.29 is 33.0 Å². The average Bonchev–Trinajstić information content (AvgIpc) is 2.54. The molecule has 0 fully saturated rings. The molecule has 1 aromatic rings. The second-order valence-corrected chi connectivity index (χ2v) is 6.56. The molecule has 0 aliphatic heterocycles. The summed E-state index contributed by atoms with van der Waals surface area (Å²) in [5, 5.41) is 11.1. The van der Waals surface area contributed by atoms with Gasteiger partial charge >= 0.3 is 17.8 Å². The van der Waals surface area contributed by atoms with Gasteiger partial charge in [-0.25, -0.2) is 14.0 Å². The van der Waals surface area contributed by atoms with Gasteiger partial charge in [-0.3, -0.25) is 23.9 Å². The Hall–Kier alpha value is -3.25. The van der Waals surface area contributed by atoms with Gasteiger partial charge in [-0.05, 0) is 20.8 Å². The summed E-state index contributed by atoms with van der Waals surface area (Å²) in [7, 11) is 0. The van der Waals surface area contributed by atoms with E-state index in [1.165, 1.54) is 4.98 Å². The molecular formula is C15H20F2N4O7. The first-order valence-corrected chi connectivity index (χ1v) is 7.94. The molecule has 0 bridgehead atoms. The zero-order chi connectivity index (χ0) is 21.6. The maximum Gasteiger partial charge on any atom is 0.407 e. The van der Waals surface area contributed by atoms with E-state index >= 15 is 0 Å². The highest BCUT2D eigenvalue weighted by Crippen LogP contribution is 2.10. The highest BCUT2D eigenvalue weighted by Gasteiger charge is 2.28. The van der Waals surface area contributed by atoms with Crippen LogP contribution in [-0.4, -0.2) is 62.8 Å². The summed E-state index contributed by atoms with van der Waals surface area (Å²) >= 11 is 0. The van der Waals surface area contributed by atoms with Crippen LogP contribution in [0.3, 0.4) is 0 Å². The summed E-state index contributed by atoms with van der Waals surface area (Å²) in [5.74, 6) is -4.48. The summed E-state index contributed by atoms with van der Waals surface area (Å²) in [5.41, 5.74) is -3.58. The number of aromatic nitrogens is 2. The van der Waals surface area contributed by atoms with Crippen LogP contribution in [0.1, 0.15) is 27.1 Å². The van der Waals surface area contributed by atoms with E-state index in [1.54, 1.807) is 20.8 Å². The van der Waals surface area contributed by atoms with E-state index in [1.807, 2.05) is 0 Å². The van der Waals surface area contributed by atoms with Crippen molar-refractivity contribution in [2.24, 2.45) is 0 Å². The standard InChI is InChI=1S/C15H20F2N4O7/c1-15(2,3)28-14(27)18-4-5-20(7-9(22)23)12(25)10(17)21-6-8(16)11(24)19-13(21)26/h6,10H,4-5,7H2,1-3H3,(H,18,27)(H,22,23)(H,19,24,26). The molecule has 3 N–H and O–H groups in total. The van der Waals surface area contributed by atoms with Crippen molar-refractivity contribution in [3.8, 4) is 0 Å². The fourth-order valence-electron chi connectivity index (χ4n) is 1.94. The fraction of sp³-hybridized carbons (Fsp3) is 0.533. The molecule has 2 amide bonds. The number of amides is 2. The predicted octanol–water partition coefficient (Wildman–Crippen LogP) is -0.418.